The molecule has 1 unspecified atom stereocenters. The molecule has 1 atom stereocenters. The van der Waals surface area contributed by atoms with E-state index in [1.54, 1.807) is 0 Å². The zero-order valence-electron chi connectivity index (χ0n) is 36.6. The molecule has 0 bridgehead atoms. The van der Waals surface area contributed by atoms with Gasteiger partial charge in [0.05, 0.1) is 90.7 Å². The van der Waals surface area contributed by atoms with Crippen molar-refractivity contribution in [3.8, 4) is 52.1 Å². The largest absolute Gasteiger partial charge is 0.457 e. The Bertz CT molecular complexity index is 4470. The monoisotopic (exact) mass is 879 g/mol. The van der Waals surface area contributed by atoms with Crippen molar-refractivity contribution in [2.45, 2.75) is 5.41 Å². The van der Waals surface area contributed by atoms with Crippen molar-refractivity contribution in [2.24, 2.45) is 0 Å². The molecule has 2 aliphatic rings. The lowest BCUT2D eigenvalue weighted by Gasteiger charge is -2.40. The molecule has 5 aromatic heterocycles. The molecular formula is C61H33N7O. The van der Waals surface area contributed by atoms with E-state index in [4.69, 9.17) is 14.7 Å². The van der Waals surface area contributed by atoms with Gasteiger partial charge in [0.25, 0.3) is 0 Å². The van der Waals surface area contributed by atoms with E-state index < -0.39 is 5.41 Å². The average molecular weight is 880 g/mol. The summed E-state index contributed by atoms with van der Waals surface area (Å²) < 4.78 is 14.3. The summed E-state index contributed by atoms with van der Waals surface area (Å²) in [6, 6.07) is 70.0. The van der Waals surface area contributed by atoms with Gasteiger partial charge in [0.2, 0.25) is 0 Å². The summed E-state index contributed by atoms with van der Waals surface area (Å²) in [5.74, 6) is 1.42. The van der Waals surface area contributed by atoms with Crippen LogP contribution in [0, 0.1) is 22.7 Å². The molecule has 0 fully saturated rings. The van der Waals surface area contributed by atoms with Crippen LogP contribution in [-0.4, -0.2) is 23.7 Å². The summed E-state index contributed by atoms with van der Waals surface area (Å²) in [7, 11) is 0. The summed E-state index contributed by atoms with van der Waals surface area (Å²) in [5.41, 5.74) is 14.8. The normalized spacial score (nSPS) is 14.5. The van der Waals surface area contributed by atoms with Gasteiger partial charge in [-0.25, -0.2) is 0 Å². The number of aromatic nitrogens is 5. The van der Waals surface area contributed by atoms with Crippen molar-refractivity contribution in [3.63, 3.8) is 0 Å². The third-order valence-corrected chi connectivity index (χ3v) is 14.6. The molecule has 13 aromatic rings. The van der Waals surface area contributed by atoms with Crippen LogP contribution >= 0.6 is 0 Å². The van der Waals surface area contributed by atoms with E-state index in [1.807, 2.05) is 54.9 Å². The zero-order valence-corrected chi connectivity index (χ0v) is 36.6. The lowest BCUT2D eigenvalue weighted by molar-refractivity contribution is 0.435. The topological polar surface area (TPSA) is 97.4 Å². The molecule has 8 heteroatoms. The quantitative estimate of drug-likeness (QED) is 0.176. The van der Waals surface area contributed by atoms with Gasteiger partial charge < -0.3 is 18.4 Å². The fraction of sp³-hybridized carbons (Fsp3) is 0.0164. The first kappa shape index (κ1) is 37.5. The molecule has 8 nitrogen and oxygen atoms in total. The highest BCUT2D eigenvalue weighted by Crippen LogP contribution is 2.63. The number of pyridine rings is 2. The van der Waals surface area contributed by atoms with Gasteiger partial charge in [-0.2, -0.15) is 10.5 Å². The van der Waals surface area contributed by atoms with E-state index in [0.29, 0.717) is 22.6 Å². The Balaban J connectivity index is 1.08. The van der Waals surface area contributed by atoms with Gasteiger partial charge in [-0.05, 0) is 96.6 Å². The van der Waals surface area contributed by atoms with Gasteiger partial charge >= 0.3 is 0 Å². The van der Waals surface area contributed by atoms with E-state index in [2.05, 4.69) is 171 Å². The second-order valence-corrected chi connectivity index (χ2v) is 17.9. The molecule has 69 heavy (non-hydrogen) atoms. The first-order valence-corrected chi connectivity index (χ1v) is 22.9. The Hall–Kier alpha value is -9.76. The number of ether oxygens (including phenoxy) is 1. The molecular weight excluding hydrogens is 847 g/mol. The number of hydrogen-bond donors (Lipinski definition) is 0. The molecule has 0 amide bonds. The fourth-order valence-electron chi connectivity index (χ4n) is 11.9. The first-order chi connectivity index (χ1) is 34.1. The summed E-state index contributed by atoms with van der Waals surface area (Å²) in [5, 5.41) is 26.5. The van der Waals surface area contributed by atoms with Crippen LogP contribution in [0.5, 0.6) is 11.5 Å². The van der Waals surface area contributed by atoms with Crippen molar-refractivity contribution < 1.29 is 4.74 Å². The zero-order chi connectivity index (χ0) is 45.5. The van der Waals surface area contributed by atoms with E-state index >= 15 is 0 Å². The predicted octanol–water partition coefficient (Wildman–Crippen LogP) is 14.0. The minimum absolute atomic E-state index is 0.604. The van der Waals surface area contributed by atoms with Crippen molar-refractivity contribution >= 4 is 65.4 Å². The highest BCUT2D eigenvalue weighted by atomic mass is 16.5. The van der Waals surface area contributed by atoms with Crippen LogP contribution in [0.15, 0.2) is 200 Å². The molecule has 8 aromatic carbocycles. The van der Waals surface area contributed by atoms with Crippen molar-refractivity contribution in [1.82, 2.24) is 23.7 Å². The number of para-hydroxylation sites is 4. The summed E-state index contributed by atoms with van der Waals surface area (Å²) in [6.07, 6.45) is 3.85. The summed E-state index contributed by atoms with van der Waals surface area (Å²) in [4.78, 5) is 10.6. The molecule has 0 radical (unpaired) electrons. The molecule has 0 saturated heterocycles. The van der Waals surface area contributed by atoms with Crippen LogP contribution in [-0.2, 0) is 5.41 Å². The standard InChI is InChI=1S/C61H33N7O/c62-33-36-22-26-53-44(29-36)42-13-3-7-18-51(42)66(53)38-24-25-46-57(32-38)69-56-21-9-20-55(68-52-19-8-4-14-43(52)45-30-37(34-63)23-27-54(45)68)58(56)61(46)47-15-10-28-64-59(47)60-48(61)31-39(35-65-60)67-49-16-5-1-11-40(49)41-12-2-6-17-50(41)67/h1-32,35H. The smallest absolute Gasteiger partial charge is 0.134 e. The van der Waals surface area contributed by atoms with Crippen LogP contribution in [0.3, 0.4) is 0 Å². The van der Waals surface area contributed by atoms with E-state index in [9.17, 15) is 10.5 Å². The highest BCUT2D eigenvalue weighted by molar-refractivity contribution is 6.12. The minimum atomic E-state index is -0.994. The number of nitriles is 2. The van der Waals surface area contributed by atoms with Crippen LogP contribution in [0.25, 0.3) is 93.9 Å². The van der Waals surface area contributed by atoms with Crippen LogP contribution < -0.4 is 4.74 Å². The van der Waals surface area contributed by atoms with Gasteiger partial charge in [0.15, 0.2) is 0 Å². The molecule has 318 valence electrons. The summed E-state index contributed by atoms with van der Waals surface area (Å²) >= 11 is 0. The Kier molecular flexibility index (Phi) is 7.41. The fourth-order valence-corrected chi connectivity index (χ4v) is 11.9. The Morgan fingerprint density at radius 2 is 0.957 bits per heavy atom. The second kappa shape index (κ2) is 13.6. The molecule has 0 N–H and O–H groups in total. The third kappa shape index (κ3) is 4.83. The Morgan fingerprint density at radius 3 is 1.59 bits per heavy atom. The molecule has 1 aliphatic carbocycles. The van der Waals surface area contributed by atoms with E-state index in [-0.39, 0.29) is 0 Å². The van der Waals surface area contributed by atoms with Crippen LogP contribution in [0.4, 0.5) is 0 Å². The molecule has 1 aliphatic heterocycles. The van der Waals surface area contributed by atoms with Gasteiger partial charge in [0, 0.05) is 67.0 Å². The van der Waals surface area contributed by atoms with Crippen LogP contribution in [0.2, 0.25) is 0 Å². The maximum atomic E-state index is 10.1. The molecule has 0 saturated carbocycles. The maximum Gasteiger partial charge on any atom is 0.134 e. The van der Waals surface area contributed by atoms with Gasteiger partial charge in [-0.1, -0.05) is 91.0 Å². The van der Waals surface area contributed by atoms with Crippen molar-refractivity contribution in [1.29, 1.82) is 10.5 Å². The van der Waals surface area contributed by atoms with Crippen molar-refractivity contribution in [2.75, 3.05) is 0 Å². The Labute approximate surface area is 394 Å². The number of fused-ring (bicyclic) bond motifs is 18. The molecule has 6 heterocycles. The first-order valence-electron chi connectivity index (χ1n) is 22.9. The second-order valence-electron chi connectivity index (χ2n) is 17.9. The molecule has 15 rings (SSSR count). The minimum Gasteiger partial charge on any atom is -0.457 e. The SMILES string of the molecule is N#Cc1ccc2c(c1)c1ccccc1n2-c1ccc2c(c1)Oc1cccc(-n3c4ccccc4c4cc(C#N)ccc43)c1C21c2cccnc2-c2ncc(-n3c4ccccc4c4ccccc43)cc21. The third-order valence-electron chi connectivity index (χ3n) is 14.6. The number of benzene rings is 8. The molecule has 1 spiro atoms. The van der Waals surface area contributed by atoms with Gasteiger partial charge in [0.1, 0.15) is 11.5 Å². The van der Waals surface area contributed by atoms with Gasteiger partial charge in [-0.3, -0.25) is 9.97 Å². The van der Waals surface area contributed by atoms with E-state index in [0.717, 1.165) is 105 Å². The predicted molar refractivity (Wildman–Crippen MR) is 272 cm³/mol. The number of nitrogens with zero attached hydrogens (tertiary/aromatic N) is 7. The average Bonchev–Trinajstić information content (AvgIpc) is 4.12. The maximum absolute atomic E-state index is 10.1. The van der Waals surface area contributed by atoms with Crippen LogP contribution in [0.1, 0.15) is 33.4 Å². The van der Waals surface area contributed by atoms with Gasteiger partial charge in [-0.15, -0.1) is 0 Å². The number of hydrogen-bond acceptors (Lipinski definition) is 5. The van der Waals surface area contributed by atoms with Crippen molar-refractivity contribution in [3.05, 3.63) is 234 Å². The lowest BCUT2D eigenvalue weighted by Crippen LogP contribution is -2.34. The lowest BCUT2D eigenvalue weighted by atomic mass is 9.65. The highest BCUT2D eigenvalue weighted by Gasteiger charge is 2.54. The number of rotatable bonds is 3. The van der Waals surface area contributed by atoms with E-state index in [1.165, 1.54) is 10.8 Å². The summed E-state index contributed by atoms with van der Waals surface area (Å²) in [6.45, 7) is 0. The Morgan fingerprint density at radius 1 is 0.406 bits per heavy atom.